The summed E-state index contributed by atoms with van der Waals surface area (Å²) in [6.45, 7) is 3.80. The van der Waals surface area contributed by atoms with Gasteiger partial charge in [-0.15, -0.1) is 0 Å². The zero-order chi connectivity index (χ0) is 16.4. The number of nitrogens with one attached hydrogen (secondary N) is 1. The molecule has 0 radical (unpaired) electrons. The molecule has 1 amide bonds. The number of hydrogen-bond acceptors (Lipinski definition) is 4. The van der Waals surface area contributed by atoms with Gasteiger partial charge < -0.3 is 10.1 Å². The van der Waals surface area contributed by atoms with Gasteiger partial charge in [-0.1, -0.05) is 24.6 Å². The van der Waals surface area contributed by atoms with Crippen LogP contribution >= 0.6 is 0 Å². The van der Waals surface area contributed by atoms with Gasteiger partial charge in [-0.05, 0) is 32.0 Å². The molecular formula is C18H24N4O2. The van der Waals surface area contributed by atoms with Gasteiger partial charge in [0.2, 0.25) is 5.91 Å². The van der Waals surface area contributed by atoms with Crippen LogP contribution in [0, 0.1) is 0 Å². The van der Waals surface area contributed by atoms with Crippen LogP contribution in [-0.4, -0.2) is 59.0 Å². The molecule has 1 N–H and O–H groups in total. The molecule has 3 heterocycles. The highest BCUT2D eigenvalue weighted by Crippen LogP contribution is 2.19. The molecule has 0 bridgehead atoms. The summed E-state index contributed by atoms with van der Waals surface area (Å²) < 4.78 is 7.41. The van der Waals surface area contributed by atoms with Gasteiger partial charge in [-0.2, -0.15) is 5.10 Å². The summed E-state index contributed by atoms with van der Waals surface area (Å²) in [4.78, 5) is 15.0. The van der Waals surface area contributed by atoms with E-state index in [1.165, 1.54) is 19.3 Å². The molecule has 0 spiro atoms. The van der Waals surface area contributed by atoms with E-state index in [1.54, 1.807) is 10.9 Å². The fourth-order valence-corrected chi connectivity index (χ4v) is 3.83. The minimum atomic E-state index is 0.00126. The van der Waals surface area contributed by atoms with Gasteiger partial charge in [-0.25, -0.2) is 0 Å². The number of ether oxygens (including phenoxy) is 1. The summed E-state index contributed by atoms with van der Waals surface area (Å²) >= 11 is 0. The van der Waals surface area contributed by atoms with E-state index in [0.29, 0.717) is 12.6 Å². The normalized spacial score (nSPS) is 25.2. The van der Waals surface area contributed by atoms with E-state index in [4.69, 9.17) is 4.74 Å². The lowest BCUT2D eigenvalue weighted by Crippen LogP contribution is -2.53. The number of benzene rings is 1. The first-order chi connectivity index (χ1) is 11.8. The Morgan fingerprint density at radius 2 is 2.04 bits per heavy atom. The number of carbonyl (C=O) groups is 1. The fourth-order valence-electron chi connectivity index (χ4n) is 3.83. The summed E-state index contributed by atoms with van der Waals surface area (Å²) in [7, 11) is 0. The van der Waals surface area contributed by atoms with E-state index in [-0.39, 0.29) is 18.5 Å². The molecule has 0 saturated carbocycles. The molecule has 2 saturated heterocycles. The quantitative estimate of drug-likeness (QED) is 0.922. The predicted molar refractivity (Wildman–Crippen MR) is 91.7 cm³/mol. The summed E-state index contributed by atoms with van der Waals surface area (Å²) in [5.41, 5.74) is 0.989. The number of amides is 1. The Bertz CT molecular complexity index is 708. The number of piperidine rings is 1. The lowest BCUT2D eigenvalue weighted by atomic mass is 10.0. The minimum Gasteiger partial charge on any atom is -0.378 e. The van der Waals surface area contributed by atoms with Crippen molar-refractivity contribution in [2.24, 2.45) is 0 Å². The number of nitrogens with zero attached hydrogens (tertiary/aromatic N) is 3. The second-order valence-electron chi connectivity index (χ2n) is 6.74. The van der Waals surface area contributed by atoms with E-state index in [9.17, 15) is 4.79 Å². The van der Waals surface area contributed by atoms with Crippen LogP contribution in [0.15, 0.2) is 30.5 Å². The fraction of sp³-hybridized carbons (Fsp3) is 0.556. The van der Waals surface area contributed by atoms with Gasteiger partial charge >= 0.3 is 0 Å². The van der Waals surface area contributed by atoms with Gasteiger partial charge in [0.15, 0.2) is 0 Å². The van der Waals surface area contributed by atoms with Crippen molar-refractivity contribution < 1.29 is 9.53 Å². The predicted octanol–water partition coefficient (Wildman–Crippen LogP) is 1.41. The number of rotatable bonds is 4. The maximum absolute atomic E-state index is 12.5. The molecule has 4 rings (SSSR count). The highest BCUT2D eigenvalue weighted by atomic mass is 16.5. The molecule has 6 nitrogen and oxygen atoms in total. The molecule has 0 aliphatic carbocycles. The number of hydrogen-bond donors (Lipinski definition) is 1. The van der Waals surface area contributed by atoms with Crippen molar-refractivity contribution in [1.82, 2.24) is 20.0 Å². The van der Waals surface area contributed by atoms with E-state index >= 15 is 0 Å². The summed E-state index contributed by atoms with van der Waals surface area (Å²) in [6.07, 6.45) is 5.61. The average molecular weight is 328 g/mol. The van der Waals surface area contributed by atoms with Crippen LogP contribution in [0.5, 0.6) is 0 Å². The first-order valence-electron chi connectivity index (χ1n) is 8.83. The Morgan fingerprint density at radius 1 is 1.21 bits per heavy atom. The molecule has 0 unspecified atom stereocenters. The van der Waals surface area contributed by atoms with Crippen molar-refractivity contribution in [2.75, 3.05) is 26.3 Å². The number of carbonyl (C=O) groups excluding carboxylic acids is 1. The van der Waals surface area contributed by atoms with Crippen molar-refractivity contribution >= 4 is 16.8 Å². The smallest absolute Gasteiger partial charge is 0.242 e. The number of likely N-dealkylation sites (tertiary alicyclic amines) is 1. The Hall–Kier alpha value is -1.92. The van der Waals surface area contributed by atoms with E-state index in [2.05, 4.69) is 15.3 Å². The van der Waals surface area contributed by atoms with Gasteiger partial charge in [0.25, 0.3) is 0 Å². The largest absolute Gasteiger partial charge is 0.378 e. The van der Waals surface area contributed by atoms with Crippen LogP contribution in [0.4, 0.5) is 0 Å². The second-order valence-corrected chi connectivity index (χ2v) is 6.74. The zero-order valence-electron chi connectivity index (χ0n) is 13.9. The van der Waals surface area contributed by atoms with Crippen molar-refractivity contribution in [2.45, 2.75) is 37.9 Å². The number of para-hydroxylation sites is 1. The molecule has 2 aliphatic rings. The lowest BCUT2D eigenvalue weighted by molar-refractivity contribution is -0.122. The second kappa shape index (κ2) is 6.91. The van der Waals surface area contributed by atoms with Crippen LogP contribution in [-0.2, 0) is 16.1 Å². The van der Waals surface area contributed by atoms with Gasteiger partial charge in [0.1, 0.15) is 6.54 Å². The lowest BCUT2D eigenvalue weighted by Gasteiger charge is -2.34. The van der Waals surface area contributed by atoms with Gasteiger partial charge in [0.05, 0.1) is 37.0 Å². The van der Waals surface area contributed by atoms with Crippen LogP contribution in [0.3, 0.4) is 0 Å². The topological polar surface area (TPSA) is 59.4 Å². The molecule has 2 fully saturated rings. The summed E-state index contributed by atoms with van der Waals surface area (Å²) in [5, 5.41) is 8.55. The van der Waals surface area contributed by atoms with Crippen molar-refractivity contribution in [1.29, 1.82) is 0 Å². The van der Waals surface area contributed by atoms with E-state index < -0.39 is 0 Å². The molecule has 24 heavy (non-hydrogen) atoms. The zero-order valence-corrected chi connectivity index (χ0v) is 13.9. The first kappa shape index (κ1) is 15.6. The Morgan fingerprint density at radius 3 is 2.92 bits per heavy atom. The molecular weight excluding hydrogens is 304 g/mol. The molecule has 6 heteroatoms. The summed E-state index contributed by atoms with van der Waals surface area (Å²) in [6, 6.07) is 8.34. The highest BCUT2D eigenvalue weighted by Gasteiger charge is 2.34. The maximum Gasteiger partial charge on any atom is 0.242 e. The molecule has 2 aromatic rings. The van der Waals surface area contributed by atoms with Crippen LogP contribution < -0.4 is 5.32 Å². The first-order valence-corrected chi connectivity index (χ1v) is 8.83. The third-order valence-electron chi connectivity index (χ3n) is 5.10. The van der Waals surface area contributed by atoms with Crippen molar-refractivity contribution in [3.8, 4) is 0 Å². The minimum absolute atomic E-state index is 0.00126. The molecule has 1 aromatic heterocycles. The standard InChI is InChI=1S/C18H24N4O2/c23-18(11-22-16-7-3-2-6-14(16)10-19-22)20-15-12-24-13-17(15)21-8-4-1-5-9-21/h2-3,6-7,10,15,17H,1,4-5,8-9,11-13H2,(H,20,23)/t15-,17-/m0/s1. The molecule has 2 atom stereocenters. The Labute approximate surface area is 141 Å². The highest BCUT2D eigenvalue weighted by molar-refractivity contribution is 5.82. The number of aromatic nitrogens is 2. The Kier molecular flexibility index (Phi) is 4.49. The SMILES string of the molecule is O=C(Cn1ncc2ccccc21)N[C@H]1COC[C@@H]1N1CCCCC1. The van der Waals surface area contributed by atoms with Crippen LogP contribution in [0.2, 0.25) is 0 Å². The van der Waals surface area contributed by atoms with E-state index in [0.717, 1.165) is 30.6 Å². The average Bonchev–Trinajstić information content (AvgIpc) is 3.23. The van der Waals surface area contributed by atoms with Crippen molar-refractivity contribution in [3.05, 3.63) is 30.5 Å². The van der Waals surface area contributed by atoms with Gasteiger partial charge in [0, 0.05) is 5.39 Å². The van der Waals surface area contributed by atoms with Crippen LogP contribution in [0.25, 0.3) is 10.9 Å². The molecule has 128 valence electrons. The monoisotopic (exact) mass is 328 g/mol. The maximum atomic E-state index is 12.5. The molecule has 1 aromatic carbocycles. The summed E-state index contributed by atoms with van der Waals surface area (Å²) in [5.74, 6) is 0.00126. The molecule has 2 aliphatic heterocycles. The van der Waals surface area contributed by atoms with Crippen molar-refractivity contribution in [3.63, 3.8) is 0 Å². The third-order valence-corrected chi connectivity index (χ3v) is 5.10. The van der Waals surface area contributed by atoms with E-state index in [1.807, 2.05) is 24.3 Å². The van der Waals surface area contributed by atoms with Gasteiger partial charge in [-0.3, -0.25) is 14.4 Å². The van der Waals surface area contributed by atoms with Crippen LogP contribution in [0.1, 0.15) is 19.3 Å². The third kappa shape index (κ3) is 3.16. The number of fused-ring (bicyclic) bond motifs is 1. The Balaban J connectivity index is 1.40.